The SMILES string of the molecule is CCOC(=O)CCCc1nc(-c2c[nH]c(C)n2)oc1-c1ccc(F)c2ccccc12. The molecule has 0 saturated heterocycles. The van der Waals surface area contributed by atoms with Crippen LogP contribution < -0.4 is 0 Å². The first-order valence-electron chi connectivity index (χ1n) is 9.92. The number of esters is 1. The van der Waals surface area contributed by atoms with Crippen LogP contribution in [0.15, 0.2) is 47.0 Å². The number of aryl methyl sites for hydroxylation is 2. The molecule has 4 aromatic rings. The van der Waals surface area contributed by atoms with Crippen LogP contribution in [-0.4, -0.2) is 27.5 Å². The van der Waals surface area contributed by atoms with E-state index in [9.17, 15) is 9.18 Å². The lowest BCUT2D eigenvalue weighted by molar-refractivity contribution is -0.143. The highest BCUT2D eigenvalue weighted by molar-refractivity contribution is 5.96. The molecule has 7 heteroatoms. The van der Waals surface area contributed by atoms with Gasteiger partial charge in [0.1, 0.15) is 17.3 Å². The molecule has 0 saturated carbocycles. The molecule has 154 valence electrons. The number of benzene rings is 2. The number of nitrogens with one attached hydrogen (secondary N) is 1. The van der Waals surface area contributed by atoms with Gasteiger partial charge < -0.3 is 14.1 Å². The number of aromatic nitrogens is 3. The second-order valence-corrected chi connectivity index (χ2v) is 6.97. The minimum atomic E-state index is -0.291. The predicted octanol–water partition coefficient (Wildman–Crippen LogP) is 5.22. The van der Waals surface area contributed by atoms with Gasteiger partial charge in [-0.2, -0.15) is 0 Å². The van der Waals surface area contributed by atoms with Gasteiger partial charge in [0.25, 0.3) is 0 Å². The fraction of sp³-hybridized carbons (Fsp3) is 0.261. The summed E-state index contributed by atoms with van der Waals surface area (Å²) in [6.45, 7) is 3.99. The van der Waals surface area contributed by atoms with Crippen molar-refractivity contribution in [3.05, 3.63) is 59.9 Å². The number of fused-ring (bicyclic) bond motifs is 1. The molecular weight excluding hydrogens is 385 g/mol. The van der Waals surface area contributed by atoms with Crippen molar-refractivity contribution < 1.29 is 18.3 Å². The average Bonchev–Trinajstić information content (AvgIpc) is 3.35. The summed E-state index contributed by atoms with van der Waals surface area (Å²) in [7, 11) is 0. The molecule has 0 atom stereocenters. The van der Waals surface area contributed by atoms with Crippen LogP contribution in [-0.2, 0) is 16.0 Å². The summed E-state index contributed by atoms with van der Waals surface area (Å²) in [6, 6.07) is 10.4. The van der Waals surface area contributed by atoms with E-state index in [-0.39, 0.29) is 11.8 Å². The maximum Gasteiger partial charge on any atom is 0.305 e. The Kier molecular flexibility index (Phi) is 5.61. The topological polar surface area (TPSA) is 81.0 Å². The number of hydrogen-bond acceptors (Lipinski definition) is 5. The standard InChI is InChI=1S/C23H22FN3O3/c1-3-29-21(28)10-6-9-19-22(30-23(27-19)20-13-25-14(2)26-20)17-11-12-18(24)16-8-5-4-7-15(16)17/h4-5,7-8,11-13H,3,6,9-10H2,1-2H3,(H,25,26). The summed E-state index contributed by atoms with van der Waals surface area (Å²) in [5, 5.41) is 1.26. The quantitative estimate of drug-likeness (QED) is 0.425. The fourth-order valence-corrected chi connectivity index (χ4v) is 3.46. The first kappa shape index (κ1) is 19.8. The van der Waals surface area contributed by atoms with Crippen LogP contribution >= 0.6 is 0 Å². The van der Waals surface area contributed by atoms with Gasteiger partial charge in [-0.3, -0.25) is 4.79 Å². The molecule has 6 nitrogen and oxygen atoms in total. The van der Waals surface area contributed by atoms with Gasteiger partial charge in [-0.05, 0) is 44.2 Å². The number of halogens is 1. The second-order valence-electron chi connectivity index (χ2n) is 6.97. The first-order valence-corrected chi connectivity index (χ1v) is 9.92. The van der Waals surface area contributed by atoms with Crippen molar-refractivity contribution in [2.75, 3.05) is 6.61 Å². The minimum Gasteiger partial charge on any atom is -0.466 e. The molecule has 0 amide bonds. The summed E-state index contributed by atoms with van der Waals surface area (Å²) >= 11 is 0. The Morgan fingerprint density at radius 3 is 2.70 bits per heavy atom. The van der Waals surface area contributed by atoms with E-state index in [1.165, 1.54) is 6.07 Å². The molecule has 0 fully saturated rings. The number of nitrogens with zero attached hydrogens (tertiary/aromatic N) is 2. The van der Waals surface area contributed by atoms with Gasteiger partial charge in [-0.15, -0.1) is 0 Å². The van der Waals surface area contributed by atoms with Crippen molar-refractivity contribution in [2.24, 2.45) is 0 Å². The van der Waals surface area contributed by atoms with E-state index in [0.717, 1.165) is 16.8 Å². The Bertz CT molecular complexity index is 1200. The number of hydrogen-bond donors (Lipinski definition) is 1. The van der Waals surface area contributed by atoms with Crippen molar-refractivity contribution in [3.63, 3.8) is 0 Å². The maximum absolute atomic E-state index is 14.3. The summed E-state index contributed by atoms with van der Waals surface area (Å²) in [4.78, 5) is 23.8. The maximum atomic E-state index is 14.3. The molecular formula is C23H22FN3O3. The number of oxazole rings is 1. The first-order chi connectivity index (χ1) is 14.6. The number of ether oxygens (including phenoxy) is 1. The highest BCUT2D eigenvalue weighted by Crippen LogP contribution is 2.35. The number of carbonyl (C=O) groups is 1. The van der Waals surface area contributed by atoms with Gasteiger partial charge in [-0.25, -0.2) is 14.4 Å². The molecule has 0 bridgehead atoms. The normalized spacial score (nSPS) is 11.2. The third kappa shape index (κ3) is 3.96. The van der Waals surface area contributed by atoms with Crippen molar-refractivity contribution in [1.82, 2.24) is 15.0 Å². The zero-order valence-corrected chi connectivity index (χ0v) is 16.9. The van der Waals surface area contributed by atoms with E-state index in [1.807, 2.05) is 19.1 Å². The fourth-order valence-electron chi connectivity index (χ4n) is 3.46. The molecule has 0 aliphatic heterocycles. The monoisotopic (exact) mass is 407 g/mol. The van der Waals surface area contributed by atoms with Crippen molar-refractivity contribution >= 4 is 16.7 Å². The van der Waals surface area contributed by atoms with Crippen molar-refractivity contribution in [3.8, 4) is 22.9 Å². The number of carbonyl (C=O) groups excluding carboxylic acids is 1. The van der Waals surface area contributed by atoms with Crippen LogP contribution in [0.1, 0.15) is 31.3 Å². The molecule has 0 aliphatic rings. The van der Waals surface area contributed by atoms with E-state index in [4.69, 9.17) is 9.15 Å². The Balaban J connectivity index is 1.75. The van der Waals surface area contributed by atoms with Gasteiger partial charge in [0.2, 0.25) is 5.89 Å². The molecule has 0 radical (unpaired) electrons. The smallest absolute Gasteiger partial charge is 0.305 e. The molecule has 4 rings (SSSR count). The van der Waals surface area contributed by atoms with Crippen molar-refractivity contribution in [2.45, 2.75) is 33.1 Å². The highest BCUT2D eigenvalue weighted by Gasteiger charge is 2.20. The zero-order valence-electron chi connectivity index (χ0n) is 16.9. The Morgan fingerprint density at radius 1 is 1.17 bits per heavy atom. The van der Waals surface area contributed by atoms with Gasteiger partial charge >= 0.3 is 5.97 Å². The average molecular weight is 407 g/mol. The minimum absolute atomic E-state index is 0.238. The summed E-state index contributed by atoms with van der Waals surface area (Å²) in [6.07, 6.45) is 3.11. The van der Waals surface area contributed by atoms with Crippen LogP contribution in [0, 0.1) is 12.7 Å². The lowest BCUT2D eigenvalue weighted by atomic mass is 10.00. The second kappa shape index (κ2) is 8.49. The van der Waals surface area contributed by atoms with E-state index in [1.54, 1.807) is 31.3 Å². The number of aromatic amines is 1. The van der Waals surface area contributed by atoms with Crippen LogP contribution in [0.25, 0.3) is 33.7 Å². The Labute approximate surface area is 173 Å². The predicted molar refractivity (Wildman–Crippen MR) is 111 cm³/mol. The van der Waals surface area contributed by atoms with E-state index in [0.29, 0.717) is 54.3 Å². The van der Waals surface area contributed by atoms with Gasteiger partial charge in [0.15, 0.2) is 5.76 Å². The van der Waals surface area contributed by atoms with Crippen molar-refractivity contribution in [1.29, 1.82) is 0 Å². The lowest BCUT2D eigenvalue weighted by Gasteiger charge is -2.07. The number of H-pyrrole nitrogens is 1. The number of rotatable bonds is 7. The van der Waals surface area contributed by atoms with Gasteiger partial charge in [0, 0.05) is 23.6 Å². The molecule has 2 heterocycles. The van der Waals surface area contributed by atoms with Crippen LogP contribution in [0.4, 0.5) is 4.39 Å². The third-order valence-corrected chi connectivity index (χ3v) is 4.84. The van der Waals surface area contributed by atoms with E-state index >= 15 is 0 Å². The molecule has 1 N–H and O–H groups in total. The molecule has 2 aromatic carbocycles. The summed E-state index contributed by atoms with van der Waals surface area (Å²) in [5.74, 6) is 1.17. The van der Waals surface area contributed by atoms with Crippen LogP contribution in [0.3, 0.4) is 0 Å². The van der Waals surface area contributed by atoms with Crippen LogP contribution in [0.5, 0.6) is 0 Å². The largest absolute Gasteiger partial charge is 0.466 e. The highest BCUT2D eigenvalue weighted by atomic mass is 19.1. The van der Waals surface area contributed by atoms with E-state index < -0.39 is 0 Å². The molecule has 0 spiro atoms. The third-order valence-electron chi connectivity index (χ3n) is 4.84. The molecule has 0 aliphatic carbocycles. The van der Waals surface area contributed by atoms with Gasteiger partial charge in [0.05, 0.1) is 12.3 Å². The van der Waals surface area contributed by atoms with Gasteiger partial charge in [-0.1, -0.05) is 24.3 Å². The Morgan fingerprint density at radius 2 is 1.97 bits per heavy atom. The Hall–Kier alpha value is -3.48. The summed E-state index contributed by atoms with van der Waals surface area (Å²) < 4.78 is 25.4. The van der Waals surface area contributed by atoms with Crippen LogP contribution in [0.2, 0.25) is 0 Å². The molecule has 30 heavy (non-hydrogen) atoms. The molecule has 2 aromatic heterocycles. The molecule has 0 unspecified atom stereocenters. The summed E-state index contributed by atoms with van der Waals surface area (Å²) in [5.41, 5.74) is 2.05. The van der Waals surface area contributed by atoms with E-state index in [2.05, 4.69) is 15.0 Å². The zero-order chi connectivity index (χ0) is 21.1. The lowest BCUT2D eigenvalue weighted by Crippen LogP contribution is -2.04. The number of imidazole rings is 1.